The van der Waals surface area contributed by atoms with Gasteiger partial charge in [0.2, 0.25) is 5.91 Å². The maximum absolute atomic E-state index is 13.2. The van der Waals surface area contributed by atoms with Crippen molar-refractivity contribution in [1.29, 1.82) is 0 Å². The lowest BCUT2D eigenvalue weighted by atomic mass is 10.0. The first-order chi connectivity index (χ1) is 15.2. The molecule has 31 heavy (non-hydrogen) atoms. The Kier molecular flexibility index (Phi) is 4.88. The number of carbonyl (C=O) groups excluding carboxylic acids is 1. The number of nitrogens with zero attached hydrogens (tertiary/aromatic N) is 4. The van der Waals surface area contributed by atoms with Gasteiger partial charge in [0.1, 0.15) is 12.1 Å². The molecule has 0 spiro atoms. The van der Waals surface area contributed by atoms with Crippen molar-refractivity contribution < 1.29 is 9.90 Å². The fourth-order valence-corrected chi connectivity index (χ4v) is 4.28. The minimum Gasteiger partial charge on any atom is -0.392 e. The van der Waals surface area contributed by atoms with Gasteiger partial charge >= 0.3 is 0 Å². The van der Waals surface area contributed by atoms with E-state index in [0.29, 0.717) is 17.8 Å². The predicted octanol–water partition coefficient (Wildman–Crippen LogP) is 2.63. The van der Waals surface area contributed by atoms with Crippen molar-refractivity contribution >= 4 is 17.1 Å². The molecule has 1 aliphatic rings. The highest BCUT2D eigenvalue weighted by atomic mass is 16.3. The maximum atomic E-state index is 13.2. The average Bonchev–Trinajstić information content (AvgIpc) is 3.20. The molecule has 5 rings (SSSR count). The first-order valence-electron chi connectivity index (χ1n) is 10.3. The molecule has 1 amide bonds. The van der Waals surface area contributed by atoms with Crippen LogP contribution < -0.4 is 10.5 Å². The molecular formula is C24H22N4O3. The zero-order chi connectivity index (χ0) is 21.4. The Balaban J connectivity index is 1.53. The van der Waals surface area contributed by atoms with Gasteiger partial charge < -0.3 is 14.6 Å². The first-order valence-corrected chi connectivity index (χ1v) is 10.3. The average molecular weight is 414 g/mol. The summed E-state index contributed by atoms with van der Waals surface area (Å²) >= 11 is 0. The number of benzene rings is 2. The molecule has 0 aliphatic carbocycles. The van der Waals surface area contributed by atoms with Gasteiger partial charge in [-0.25, -0.2) is 4.52 Å². The van der Waals surface area contributed by atoms with Crippen molar-refractivity contribution in [2.75, 3.05) is 11.4 Å². The summed E-state index contributed by atoms with van der Waals surface area (Å²) in [4.78, 5) is 28.1. The fourth-order valence-electron chi connectivity index (χ4n) is 4.28. The third-order valence-corrected chi connectivity index (χ3v) is 5.78. The van der Waals surface area contributed by atoms with Crippen LogP contribution in [-0.2, 0) is 24.4 Å². The molecule has 2 aromatic heterocycles. The summed E-state index contributed by atoms with van der Waals surface area (Å²) in [5.74, 6) is -0.132. The van der Waals surface area contributed by atoms with E-state index in [9.17, 15) is 14.7 Å². The minimum atomic E-state index is -0.347. The molecule has 4 aromatic rings. The van der Waals surface area contributed by atoms with E-state index < -0.39 is 0 Å². The van der Waals surface area contributed by atoms with Gasteiger partial charge in [-0.3, -0.25) is 9.59 Å². The van der Waals surface area contributed by atoms with Crippen LogP contribution in [0.3, 0.4) is 0 Å². The lowest BCUT2D eigenvalue weighted by Crippen LogP contribution is -2.39. The Morgan fingerprint density at radius 3 is 2.61 bits per heavy atom. The summed E-state index contributed by atoms with van der Waals surface area (Å²) in [6.07, 6.45) is 5.07. The normalized spacial score (nSPS) is 13.4. The Labute approximate surface area is 178 Å². The van der Waals surface area contributed by atoms with Gasteiger partial charge in [-0.1, -0.05) is 48.5 Å². The second kappa shape index (κ2) is 7.85. The number of aliphatic hydroxyl groups excluding tert-OH is 1. The van der Waals surface area contributed by atoms with E-state index in [2.05, 4.69) is 5.10 Å². The van der Waals surface area contributed by atoms with Gasteiger partial charge in [0, 0.05) is 35.8 Å². The molecule has 156 valence electrons. The molecule has 1 N–H and O–H groups in total. The Hall–Kier alpha value is -3.71. The second-order valence-electron chi connectivity index (χ2n) is 7.65. The summed E-state index contributed by atoms with van der Waals surface area (Å²) in [5, 5.41) is 14.5. The molecule has 0 unspecified atom stereocenters. The van der Waals surface area contributed by atoms with Crippen LogP contribution in [0, 0.1) is 0 Å². The third kappa shape index (κ3) is 3.33. The predicted molar refractivity (Wildman–Crippen MR) is 118 cm³/mol. The van der Waals surface area contributed by atoms with Crippen molar-refractivity contribution in [2.45, 2.75) is 26.0 Å². The number of anilines is 1. The van der Waals surface area contributed by atoms with Crippen LogP contribution in [0.25, 0.3) is 16.8 Å². The van der Waals surface area contributed by atoms with Crippen LogP contribution >= 0.6 is 0 Å². The summed E-state index contributed by atoms with van der Waals surface area (Å²) in [7, 11) is 0. The van der Waals surface area contributed by atoms with E-state index in [1.54, 1.807) is 17.3 Å². The van der Waals surface area contributed by atoms with Gasteiger partial charge in [0.15, 0.2) is 0 Å². The molecule has 0 atom stereocenters. The number of fused-ring (bicyclic) bond motifs is 2. The van der Waals surface area contributed by atoms with Gasteiger partial charge in [0.05, 0.1) is 12.3 Å². The summed E-state index contributed by atoms with van der Waals surface area (Å²) in [6.45, 7) is 0.250. The Morgan fingerprint density at radius 1 is 1.03 bits per heavy atom. The zero-order valence-electron chi connectivity index (χ0n) is 16.9. The second-order valence-corrected chi connectivity index (χ2v) is 7.65. The van der Waals surface area contributed by atoms with Crippen molar-refractivity contribution in [3.8, 4) is 11.3 Å². The summed E-state index contributed by atoms with van der Waals surface area (Å²) in [5.41, 5.74) is 3.85. The third-order valence-electron chi connectivity index (χ3n) is 5.78. The molecule has 3 heterocycles. The van der Waals surface area contributed by atoms with Crippen LogP contribution in [0.15, 0.2) is 71.8 Å². The lowest BCUT2D eigenvalue weighted by Gasteiger charge is -2.29. The fraction of sp³-hybridized carbons (Fsp3) is 0.208. The maximum Gasteiger partial charge on any atom is 0.277 e. The molecule has 7 nitrogen and oxygen atoms in total. The number of hydrogen-bond donors (Lipinski definition) is 1. The molecule has 1 aliphatic heterocycles. The summed E-state index contributed by atoms with van der Waals surface area (Å²) in [6, 6.07) is 17.3. The standard InChI is InChI=1S/C24H22N4O3/c29-16-19-22(18-8-2-1-3-9-18)25-28-14-13-26(24(31)23(19)28)15-21(30)27-12-6-10-17-7-4-5-11-20(17)27/h1-5,7-9,11,13-14,29H,6,10,12,15-16H2. The quantitative estimate of drug-likeness (QED) is 0.557. The van der Waals surface area contributed by atoms with Gasteiger partial charge in [-0.2, -0.15) is 5.10 Å². The largest absolute Gasteiger partial charge is 0.392 e. The lowest BCUT2D eigenvalue weighted by molar-refractivity contribution is -0.119. The van der Waals surface area contributed by atoms with E-state index in [1.165, 1.54) is 9.08 Å². The van der Waals surface area contributed by atoms with Crippen molar-refractivity contribution in [3.63, 3.8) is 0 Å². The van der Waals surface area contributed by atoms with E-state index >= 15 is 0 Å². The van der Waals surface area contributed by atoms with Crippen LogP contribution in [-0.4, -0.2) is 31.7 Å². The van der Waals surface area contributed by atoms with E-state index in [1.807, 2.05) is 54.6 Å². The van der Waals surface area contributed by atoms with Crippen LogP contribution in [0.2, 0.25) is 0 Å². The molecule has 0 bridgehead atoms. The Bertz CT molecular complexity index is 1320. The number of amides is 1. The van der Waals surface area contributed by atoms with Gasteiger partial charge in [0.25, 0.3) is 5.56 Å². The zero-order valence-corrected chi connectivity index (χ0v) is 16.9. The number of para-hydroxylation sites is 1. The molecule has 0 saturated heterocycles. The number of aliphatic hydroxyl groups is 1. The molecule has 7 heteroatoms. The molecular weight excluding hydrogens is 392 g/mol. The smallest absolute Gasteiger partial charge is 0.277 e. The molecule has 0 saturated carbocycles. The number of carbonyl (C=O) groups is 1. The van der Waals surface area contributed by atoms with E-state index in [0.717, 1.165) is 29.7 Å². The van der Waals surface area contributed by atoms with Crippen molar-refractivity contribution in [2.24, 2.45) is 0 Å². The monoisotopic (exact) mass is 414 g/mol. The van der Waals surface area contributed by atoms with E-state index in [-0.39, 0.29) is 30.1 Å². The van der Waals surface area contributed by atoms with Gasteiger partial charge in [-0.05, 0) is 24.5 Å². The first kappa shape index (κ1) is 19.3. The highest BCUT2D eigenvalue weighted by Gasteiger charge is 2.24. The number of aryl methyl sites for hydroxylation is 1. The van der Waals surface area contributed by atoms with Crippen LogP contribution in [0.1, 0.15) is 17.5 Å². The highest BCUT2D eigenvalue weighted by Crippen LogP contribution is 2.27. The van der Waals surface area contributed by atoms with Gasteiger partial charge in [-0.15, -0.1) is 0 Å². The number of hydrogen-bond acceptors (Lipinski definition) is 4. The van der Waals surface area contributed by atoms with Crippen LogP contribution in [0.4, 0.5) is 5.69 Å². The topological polar surface area (TPSA) is 79.8 Å². The summed E-state index contributed by atoms with van der Waals surface area (Å²) < 4.78 is 2.87. The number of rotatable bonds is 4. The number of aromatic nitrogens is 3. The van der Waals surface area contributed by atoms with Crippen molar-refractivity contribution in [3.05, 3.63) is 88.5 Å². The Morgan fingerprint density at radius 2 is 1.81 bits per heavy atom. The van der Waals surface area contributed by atoms with Crippen molar-refractivity contribution in [1.82, 2.24) is 14.2 Å². The van der Waals surface area contributed by atoms with Crippen LogP contribution in [0.5, 0.6) is 0 Å². The minimum absolute atomic E-state index is 0.0691. The molecule has 0 fully saturated rings. The highest BCUT2D eigenvalue weighted by molar-refractivity contribution is 5.94. The SMILES string of the molecule is O=C(Cn1ccn2nc(-c3ccccc3)c(CO)c2c1=O)N1CCCc2ccccc21. The molecule has 0 radical (unpaired) electrons. The van der Waals surface area contributed by atoms with E-state index in [4.69, 9.17) is 0 Å². The molecule has 2 aromatic carbocycles.